The van der Waals surface area contributed by atoms with E-state index < -0.39 is 0 Å². The van der Waals surface area contributed by atoms with Crippen LogP contribution in [-0.2, 0) is 4.79 Å². The quantitative estimate of drug-likeness (QED) is 0.0880. The monoisotopic (exact) mass is 684 g/mol. The molecule has 0 bridgehead atoms. The first-order valence-corrected chi connectivity index (χ1v) is 19.0. The van der Waals surface area contributed by atoms with Crippen LogP contribution in [0.4, 0.5) is 4.79 Å². The molecule has 0 spiro atoms. The molecule has 0 fully saturated rings. The Balaban J connectivity index is -0.000000161. The second-order valence-corrected chi connectivity index (χ2v) is 17.2. The van der Waals surface area contributed by atoms with Crippen molar-refractivity contribution in [3.63, 3.8) is 0 Å². The third kappa shape index (κ3) is 66.4. The van der Waals surface area contributed by atoms with Gasteiger partial charge in [0.1, 0.15) is 0 Å². The normalized spacial score (nSPS) is 11.8. The Kier molecular flexibility index (Phi) is 38.6. The zero-order chi connectivity index (χ0) is 39.2. The number of nitrogens with two attached hydrogens (primary N) is 1. The fourth-order valence-corrected chi connectivity index (χ4v) is 3.31. The number of hydrogen-bond donors (Lipinski definition) is 4. The van der Waals surface area contributed by atoms with Gasteiger partial charge in [-0.25, -0.2) is 4.79 Å². The van der Waals surface area contributed by atoms with Gasteiger partial charge in [0.2, 0.25) is 0 Å². The number of carbonyl (C=O) groups is 2. The highest BCUT2D eigenvalue weighted by atomic mass is 16.2. The molecule has 0 heterocycles. The molecule has 48 heavy (non-hydrogen) atoms. The smallest absolute Gasteiger partial charge is 0.315 e. The predicted molar refractivity (Wildman–Crippen MR) is 218 cm³/mol. The molecule has 0 atom stereocenters. The van der Waals surface area contributed by atoms with Crippen LogP contribution < -0.4 is 21.7 Å². The molecule has 0 saturated heterocycles. The molecule has 0 rings (SSSR count). The first-order valence-electron chi connectivity index (χ1n) is 19.0. The Bertz CT molecular complexity index is 767. The summed E-state index contributed by atoms with van der Waals surface area (Å²) in [6, 6.07) is 0.955. The number of nitrogens with zero attached hydrogens (tertiary/aromatic N) is 1. The van der Waals surface area contributed by atoms with E-state index in [4.69, 9.17) is 5.73 Å². The van der Waals surface area contributed by atoms with Gasteiger partial charge in [0.05, 0.1) is 0 Å². The van der Waals surface area contributed by atoms with Gasteiger partial charge in [0.15, 0.2) is 11.7 Å². The molecule has 0 unspecified atom stereocenters. The lowest BCUT2D eigenvalue weighted by molar-refractivity contribution is -0.117. The number of hydrogen-bond acceptors (Lipinski definition) is 3. The second-order valence-electron chi connectivity index (χ2n) is 17.2. The molecule has 0 saturated carbocycles. The van der Waals surface area contributed by atoms with Crippen LogP contribution >= 0.6 is 0 Å². The highest BCUT2D eigenvalue weighted by Crippen LogP contribution is 2.22. The van der Waals surface area contributed by atoms with Crippen LogP contribution in [0.25, 0.3) is 0 Å². The lowest BCUT2D eigenvalue weighted by Gasteiger charge is -2.18. The Labute approximate surface area is 302 Å². The fourth-order valence-electron chi connectivity index (χ4n) is 3.31. The molecule has 0 aromatic heterocycles. The second kappa shape index (κ2) is 33.4. The Morgan fingerprint density at radius 2 is 1.00 bits per heavy atom. The van der Waals surface area contributed by atoms with Gasteiger partial charge in [-0.15, -0.1) is 0 Å². The minimum absolute atomic E-state index is 0.0926. The summed E-state index contributed by atoms with van der Waals surface area (Å²) in [5.74, 6) is 4.01. The minimum atomic E-state index is -0.0926. The third-order valence-corrected chi connectivity index (χ3v) is 5.92. The van der Waals surface area contributed by atoms with Gasteiger partial charge in [-0.1, -0.05) is 122 Å². The van der Waals surface area contributed by atoms with Crippen molar-refractivity contribution in [3.8, 4) is 0 Å². The van der Waals surface area contributed by atoms with Crippen LogP contribution in [0.2, 0.25) is 0 Å². The van der Waals surface area contributed by atoms with E-state index in [1.54, 1.807) is 6.08 Å². The number of carbonyl (C=O) groups excluding carboxylic acids is 2. The van der Waals surface area contributed by atoms with E-state index >= 15 is 0 Å². The maximum Gasteiger partial charge on any atom is 0.315 e. The summed E-state index contributed by atoms with van der Waals surface area (Å²) < 4.78 is 0. The zero-order valence-corrected chi connectivity index (χ0v) is 36.2. The van der Waals surface area contributed by atoms with E-state index in [1.165, 1.54) is 32.1 Å². The van der Waals surface area contributed by atoms with Gasteiger partial charge in [0.25, 0.3) is 0 Å². The average molecular weight is 684 g/mol. The maximum atomic E-state index is 11.0. The number of rotatable bonds is 13. The number of amides is 2. The number of nitrogens with one attached hydrogen (secondary N) is 3. The van der Waals surface area contributed by atoms with E-state index in [2.05, 4.69) is 97.1 Å². The largest absolute Gasteiger partial charge is 0.370 e. The standard InChI is InChI=1S/C9H16O.2C9H20.C7H17N3.C7H16N2O/c1-7(2)5-6-9(10)8(3)4;1-8(2)6-7-9(3,4)5;1-8(2)6-5-7-9(3)4;1-5(2)9-7(8)10-6(3)4;1-5(2)8-7(10)9-6(3)4/h5-8H,1-4H3;8H,6-7H2,1-5H3;8-9H,5-7H2,1-4H3;5-6H,1-4H3,(H3,8,9,10);5-6H,1-4H3,(H2,8,9,10)/b6-5+;;;;. The SMILES string of the molecule is CC(C)/C=C/C(=O)C(C)C.CC(C)CCC(C)(C)C.CC(C)CCCC(C)C.CC(C)N=C(N)NC(C)C.CC(C)NC(=O)NC(C)C. The number of ketones is 1. The summed E-state index contributed by atoms with van der Waals surface area (Å²) >= 11 is 0. The first-order chi connectivity index (χ1) is 21.6. The van der Waals surface area contributed by atoms with Crippen LogP contribution in [0, 0.1) is 35.0 Å². The van der Waals surface area contributed by atoms with Crippen molar-refractivity contribution >= 4 is 17.8 Å². The molecule has 0 aliphatic heterocycles. The van der Waals surface area contributed by atoms with Crippen LogP contribution in [0.5, 0.6) is 0 Å². The van der Waals surface area contributed by atoms with Gasteiger partial charge >= 0.3 is 6.03 Å². The number of guanidine groups is 1. The molecule has 7 heteroatoms. The minimum Gasteiger partial charge on any atom is -0.370 e. The summed E-state index contributed by atoms with van der Waals surface area (Å²) in [7, 11) is 0. The molecule has 0 aliphatic carbocycles. The van der Waals surface area contributed by atoms with Crippen molar-refractivity contribution < 1.29 is 9.59 Å². The van der Waals surface area contributed by atoms with Crippen molar-refractivity contribution in [2.75, 3.05) is 0 Å². The van der Waals surface area contributed by atoms with Gasteiger partial charge in [-0.3, -0.25) is 9.79 Å². The molecule has 0 aromatic rings. The van der Waals surface area contributed by atoms with Crippen molar-refractivity contribution in [3.05, 3.63) is 12.2 Å². The van der Waals surface area contributed by atoms with Gasteiger partial charge in [-0.2, -0.15) is 0 Å². The molecule has 2 amide bonds. The van der Waals surface area contributed by atoms with E-state index in [9.17, 15) is 9.59 Å². The highest BCUT2D eigenvalue weighted by Gasteiger charge is 2.10. The first kappa shape index (κ1) is 55.4. The van der Waals surface area contributed by atoms with E-state index in [-0.39, 0.29) is 35.9 Å². The van der Waals surface area contributed by atoms with E-state index in [1.807, 2.05) is 75.3 Å². The Morgan fingerprint density at radius 1 is 0.625 bits per heavy atom. The summed E-state index contributed by atoms with van der Waals surface area (Å²) in [5.41, 5.74) is 6.05. The maximum absolute atomic E-state index is 11.0. The predicted octanol–water partition coefficient (Wildman–Crippen LogP) is 11.2. The molecular weight excluding hydrogens is 594 g/mol. The van der Waals surface area contributed by atoms with E-state index in [0.29, 0.717) is 23.3 Å². The molecule has 290 valence electrons. The Hall–Kier alpha value is -2.05. The topological polar surface area (TPSA) is 109 Å². The van der Waals surface area contributed by atoms with Crippen LogP contribution in [0.3, 0.4) is 0 Å². The molecule has 0 aromatic carbocycles. The zero-order valence-electron chi connectivity index (χ0n) is 36.2. The number of allylic oxidation sites excluding steroid dienone is 2. The van der Waals surface area contributed by atoms with Crippen molar-refractivity contribution in [2.24, 2.45) is 45.7 Å². The molecule has 5 N–H and O–H groups in total. The van der Waals surface area contributed by atoms with E-state index in [0.717, 1.165) is 17.8 Å². The van der Waals surface area contributed by atoms with Crippen molar-refractivity contribution in [1.29, 1.82) is 0 Å². The number of aliphatic imine (C=N–C) groups is 1. The van der Waals surface area contributed by atoms with Gasteiger partial charge < -0.3 is 21.7 Å². The Morgan fingerprint density at radius 3 is 1.23 bits per heavy atom. The fraction of sp³-hybridized carbons (Fsp3) is 0.878. The summed E-state index contributed by atoms with van der Waals surface area (Å²) in [5, 5.41) is 8.45. The lowest BCUT2D eigenvalue weighted by atomic mass is 9.88. The highest BCUT2D eigenvalue weighted by molar-refractivity contribution is 5.91. The lowest BCUT2D eigenvalue weighted by Crippen LogP contribution is -2.42. The average Bonchev–Trinajstić information content (AvgIpc) is 2.84. The molecule has 7 nitrogen and oxygen atoms in total. The summed E-state index contributed by atoms with van der Waals surface area (Å²) in [4.78, 5) is 25.9. The van der Waals surface area contributed by atoms with Crippen LogP contribution in [0.15, 0.2) is 17.1 Å². The molecular formula is C41H89N5O2. The third-order valence-electron chi connectivity index (χ3n) is 5.92. The number of urea groups is 1. The van der Waals surface area contributed by atoms with Crippen molar-refractivity contribution in [1.82, 2.24) is 16.0 Å². The van der Waals surface area contributed by atoms with Gasteiger partial charge in [0, 0.05) is 30.1 Å². The molecule has 0 aliphatic rings. The van der Waals surface area contributed by atoms with Crippen molar-refractivity contribution in [2.45, 2.75) is 202 Å². The van der Waals surface area contributed by atoms with Crippen LogP contribution in [0.1, 0.15) is 178 Å². The van der Waals surface area contributed by atoms with Gasteiger partial charge in [-0.05, 0) is 97.0 Å². The summed E-state index contributed by atoms with van der Waals surface area (Å²) in [6.07, 6.45) is 10.5. The summed E-state index contributed by atoms with van der Waals surface area (Å²) in [6.45, 7) is 44.3. The molecule has 0 radical (unpaired) electrons. The van der Waals surface area contributed by atoms with Crippen LogP contribution in [-0.4, -0.2) is 41.9 Å².